The second kappa shape index (κ2) is 8.41. The van der Waals surface area contributed by atoms with Gasteiger partial charge in [-0.1, -0.05) is 48.1 Å². The van der Waals surface area contributed by atoms with E-state index in [-0.39, 0.29) is 22.5 Å². The minimum absolute atomic E-state index is 0.0320. The lowest BCUT2D eigenvalue weighted by Gasteiger charge is -2.27. The standard InChI is InChI=1S/C24H18N2O4/c1-15-7-9-17(10-8-15)5-4-6-20-16(2)21(25-3)23(28)26(22(20)27)19-13-11-18(12-14-19)24(29)30/h4-14H,1-2H3,(H,29,30)/b5-4+,20-6-. The zero-order valence-electron chi connectivity index (χ0n) is 16.4. The molecule has 1 heterocycles. The Bertz CT molecular complexity index is 1160. The van der Waals surface area contributed by atoms with E-state index in [1.165, 1.54) is 24.3 Å². The highest BCUT2D eigenvalue weighted by Crippen LogP contribution is 2.30. The number of hydrogen-bond acceptors (Lipinski definition) is 3. The van der Waals surface area contributed by atoms with Crippen LogP contribution in [0.4, 0.5) is 5.69 Å². The molecule has 148 valence electrons. The monoisotopic (exact) mass is 398 g/mol. The van der Waals surface area contributed by atoms with Crippen molar-refractivity contribution in [3.8, 4) is 0 Å². The van der Waals surface area contributed by atoms with Crippen LogP contribution in [0.25, 0.3) is 10.9 Å². The molecular formula is C24H18N2O4. The van der Waals surface area contributed by atoms with Crippen molar-refractivity contribution in [2.75, 3.05) is 4.90 Å². The maximum atomic E-state index is 13.1. The van der Waals surface area contributed by atoms with Crippen molar-refractivity contribution in [3.05, 3.63) is 106 Å². The predicted octanol–water partition coefficient (Wildman–Crippen LogP) is 4.40. The first-order valence-electron chi connectivity index (χ1n) is 9.09. The third kappa shape index (κ3) is 3.96. The average molecular weight is 398 g/mol. The third-order valence-corrected chi connectivity index (χ3v) is 4.71. The van der Waals surface area contributed by atoms with Crippen LogP contribution < -0.4 is 4.90 Å². The summed E-state index contributed by atoms with van der Waals surface area (Å²) in [6, 6.07) is 13.2. The number of rotatable bonds is 4. The molecule has 2 amide bonds. The molecule has 0 atom stereocenters. The van der Waals surface area contributed by atoms with E-state index in [1.807, 2.05) is 37.3 Å². The van der Waals surface area contributed by atoms with E-state index in [0.717, 1.165) is 16.0 Å². The van der Waals surface area contributed by atoms with Crippen molar-refractivity contribution >= 4 is 29.5 Å². The molecule has 0 saturated heterocycles. The molecular weight excluding hydrogens is 380 g/mol. The van der Waals surface area contributed by atoms with Crippen LogP contribution in [-0.2, 0) is 9.59 Å². The number of carboxylic acids is 1. The predicted molar refractivity (Wildman–Crippen MR) is 113 cm³/mol. The minimum atomic E-state index is -1.11. The van der Waals surface area contributed by atoms with Crippen LogP contribution in [-0.4, -0.2) is 22.9 Å². The molecule has 3 rings (SSSR count). The number of hydrogen-bond donors (Lipinski definition) is 1. The summed E-state index contributed by atoms with van der Waals surface area (Å²) in [4.78, 5) is 41.1. The van der Waals surface area contributed by atoms with E-state index < -0.39 is 17.8 Å². The first-order valence-corrected chi connectivity index (χ1v) is 9.09. The molecule has 0 fully saturated rings. The van der Waals surface area contributed by atoms with Gasteiger partial charge in [-0.25, -0.2) is 9.64 Å². The Morgan fingerprint density at radius 1 is 1.00 bits per heavy atom. The highest BCUT2D eigenvalue weighted by molar-refractivity contribution is 6.30. The fourth-order valence-electron chi connectivity index (χ4n) is 3.02. The van der Waals surface area contributed by atoms with Crippen molar-refractivity contribution in [3.63, 3.8) is 0 Å². The van der Waals surface area contributed by atoms with E-state index in [0.29, 0.717) is 5.57 Å². The minimum Gasteiger partial charge on any atom is -0.478 e. The smallest absolute Gasteiger partial charge is 0.335 e. The number of allylic oxidation sites excluding steroid dienone is 2. The summed E-state index contributed by atoms with van der Waals surface area (Å²) >= 11 is 0. The van der Waals surface area contributed by atoms with E-state index >= 15 is 0 Å². The summed E-state index contributed by atoms with van der Waals surface area (Å²) in [5.74, 6) is -2.41. The molecule has 2 aromatic rings. The lowest BCUT2D eigenvalue weighted by molar-refractivity contribution is -0.123. The van der Waals surface area contributed by atoms with E-state index in [2.05, 4.69) is 4.85 Å². The Morgan fingerprint density at radius 2 is 1.63 bits per heavy atom. The largest absolute Gasteiger partial charge is 0.478 e. The second-order valence-electron chi connectivity index (χ2n) is 6.73. The highest BCUT2D eigenvalue weighted by atomic mass is 16.4. The molecule has 0 radical (unpaired) electrons. The average Bonchev–Trinajstić information content (AvgIpc) is 2.72. The first-order chi connectivity index (χ1) is 14.3. The molecule has 0 aliphatic carbocycles. The molecule has 30 heavy (non-hydrogen) atoms. The molecule has 1 aliphatic heterocycles. The number of amides is 2. The van der Waals surface area contributed by atoms with E-state index in [1.54, 1.807) is 19.1 Å². The number of aromatic carboxylic acids is 1. The van der Waals surface area contributed by atoms with Gasteiger partial charge in [-0.15, -0.1) is 0 Å². The quantitative estimate of drug-likeness (QED) is 0.470. The molecule has 1 aliphatic rings. The number of carbonyl (C=O) groups excluding carboxylic acids is 2. The van der Waals surface area contributed by atoms with Crippen LogP contribution in [0.2, 0.25) is 0 Å². The summed E-state index contributed by atoms with van der Waals surface area (Å²) in [6.45, 7) is 10.9. The zero-order valence-corrected chi connectivity index (χ0v) is 16.4. The van der Waals surface area contributed by atoms with Gasteiger partial charge in [-0.05, 0) is 49.2 Å². The Hall–Kier alpha value is -4.24. The van der Waals surface area contributed by atoms with Crippen molar-refractivity contribution < 1.29 is 19.5 Å². The van der Waals surface area contributed by atoms with Crippen LogP contribution in [0.1, 0.15) is 28.4 Å². The van der Waals surface area contributed by atoms with Crippen LogP contribution in [0.5, 0.6) is 0 Å². The number of anilines is 1. The van der Waals surface area contributed by atoms with Crippen LogP contribution in [0.3, 0.4) is 0 Å². The molecule has 6 heteroatoms. The molecule has 0 bridgehead atoms. The second-order valence-corrected chi connectivity index (χ2v) is 6.73. The topological polar surface area (TPSA) is 79.0 Å². The lowest BCUT2D eigenvalue weighted by atomic mass is 9.97. The van der Waals surface area contributed by atoms with Gasteiger partial charge in [-0.2, -0.15) is 0 Å². The Morgan fingerprint density at radius 3 is 2.20 bits per heavy atom. The summed E-state index contributed by atoms with van der Waals surface area (Å²) in [7, 11) is 0. The Balaban J connectivity index is 2.00. The molecule has 1 N–H and O–H groups in total. The normalized spacial score (nSPS) is 15.8. The fourth-order valence-corrected chi connectivity index (χ4v) is 3.02. The summed E-state index contributed by atoms with van der Waals surface area (Å²) in [6.07, 6.45) is 5.10. The Kier molecular flexibility index (Phi) is 5.75. The third-order valence-electron chi connectivity index (χ3n) is 4.71. The number of benzene rings is 2. The van der Waals surface area contributed by atoms with Gasteiger partial charge in [-0.3, -0.25) is 14.5 Å². The molecule has 0 spiro atoms. The van der Waals surface area contributed by atoms with Crippen molar-refractivity contribution in [1.29, 1.82) is 0 Å². The highest BCUT2D eigenvalue weighted by Gasteiger charge is 2.36. The van der Waals surface area contributed by atoms with Gasteiger partial charge in [0.25, 0.3) is 17.5 Å². The number of carbonyl (C=O) groups is 3. The summed E-state index contributed by atoms with van der Waals surface area (Å²) < 4.78 is 0. The Labute approximate surface area is 173 Å². The zero-order chi connectivity index (χ0) is 21.8. The number of aryl methyl sites for hydroxylation is 1. The van der Waals surface area contributed by atoms with Crippen molar-refractivity contribution in [2.24, 2.45) is 0 Å². The lowest BCUT2D eigenvalue weighted by Crippen LogP contribution is -2.42. The summed E-state index contributed by atoms with van der Waals surface area (Å²) in [5.41, 5.74) is 2.72. The van der Waals surface area contributed by atoms with E-state index in [4.69, 9.17) is 11.7 Å². The van der Waals surface area contributed by atoms with Crippen LogP contribution >= 0.6 is 0 Å². The van der Waals surface area contributed by atoms with Gasteiger partial charge < -0.3 is 5.11 Å². The molecule has 2 aromatic carbocycles. The molecule has 0 saturated carbocycles. The van der Waals surface area contributed by atoms with Gasteiger partial charge in [0.15, 0.2) is 0 Å². The molecule has 6 nitrogen and oxygen atoms in total. The van der Waals surface area contributed by atoms with Crippen LogP contribution in [0, 0.1) is 13.5 Å². The molecule has 0 unspecified atom stereocenters. The SMILES string of the molecule is [C-]#[N+]C1=C(C)/C(=C/C=C/c2ccc(C)cc2)C(=O)N(c2ccc(C(=O)O)cc2)C1=O. The van der Waals surface area contributed by atoms with Gasteiger partial charge in [0.2, 0.25) is 0 Å². The number of nitrogens with zero attached hydrogens (tertiary/aromatic N) is 2. The van der Waals surface area contributed by atoms with Crippen molar-refractivity contribution in [2.45, 2.75) is 13.8 Å². The van der Waals surface area contributed by atoms with Gasteiger partial charge >= 0.3 is 5.97 Å². The summed E-state index contributed by atoms with van der Waals surface area (Å²) in [5, 5.41) is 9.04. The van der Waals surface area contributed by atoms with E-state index in [9.17, 15) is 14.4 Å². The maximum absolute atomic E-state index is 13.1. The van der Waals surface area contributed by atoms with Crippen LogP contribution in [0.15, 0.2) is 77.5 Å². The number of imide groups is 1. The van der Waals surface area contributed by atoms with Gasteiger partial charge in [0.05, 0.1) is 17.8 Å². The van der Waals surface area contributed by atoms with Crippen molar-refractivity contribution in [1.82, 2.24) is 0 Å². The maximum Gasteiger partial charge on any atom is 0.335 e. The fraction of sp³-hybridized carbons (Fsp3) is 0.0833. The van der Waals surface area contributed by atoms with Gasteiger partial charge in [0.1, 0.15) is 0 Å². The first kappa shape index (κ1) is 20.5. The molecule has 0 aromatic heterocycles. The number of carboxylic acid groups (broad SMARTS) is 1. The van der Waals surface area contributed by atoms with Gasteiger partial charge in [0, 0.05) is 5.57 Å².